The number of hydrogen-bond acceptors (Lipinski definition) is 5. The van der Waals surface area contributed by atoms with Crippen molar-refractivity contribution in [2.24, 2.45) is 7.05 Å². The van der Waals surface area contributed by atoms with Crippen LogP contribution in [-0.2, 0) is 23.5 Å². The molecule has 0 saturated heterocycles. The molecule has 1 aromatic heterocycles. The second-order valence-corrected chi connectivity index (χ2v) is 5.52. The molecule has 0 fully saturated rings. The molecular weight excluding hydrogens is 242 g/mol. The van der Waals surface area contributed by atoms with E-state index in [1.807, 2.05) is 0 Å². The normalized spacial score (nSPS) is 13.2. The SMILES string of the molecule is CCC(C#N)S(=O)(=O)NCCc1nncn1C. The topological polar surface area (TPSA) is 101 Å². The first-order chi connectivity index (χ1) is 8.01. The largest absolute Gasteiger partial charge is 0.321 e. The van der Waals surface area contributed by atoms with Crippen molar-refractivity contribution < 1.29 is 8.42 Å². The number of aromatic nitrogens is 3. The zero-order valence-corrected chi connectivity index (χ0v) is 10.6. The minimum atomic E-state index is -3.56. The molecule has 1 rings (SSSR count). The monoisotopic (exact) mass is 257 g/mol. The Labute approximate surface area is 101 Å². The Morgan fingerprint density at radius 1 is 1.65 bits per heavy atom. The third-order valence-corrected chi connectivity index (χ3v) is 4.14. The molecule has 0 bridgehead atoms. The fourth-order valence-corrected chi connectivity index (χ4v) is 2.48. The van der Waals surface area contributed by atoms with Crippen LogP contribution in [0.5, 0.6) is 0 Å². The quantitative estimate of drug-likeness (QED) is 0.746. The van der Waals surface area contributed by atoms with Gasteiger partial charge in [-0.25, -0.2) is 13.1 Å². The number of nitriles is 1. The second-order valence-electron chi connectivity index (χ2n) is 3.57. The molecule has 0 radical (unpaired) electrons. The maximum atomic E-state index is 11.6. The molecule has 0 amide bonds. The molecule has 0 saturated carbocycles. The van der Waals surface area contributed by atoms with E-state index in [0.29, 0.717) is 12.2 Å². The minimum absolute atomic E-state index is 0.215. The molecule has 7 nitrogen and oxygen atoms in total. The van der Waals surface area contributed by atoms with Crippen molar-refractivity contribution in [3.63, 3.8) is 0 Å². The second kappa shape index (κ2) is 5.75. The summed E-state index contributed by atoms with van der Waals surface area (Å²) in [7, 11) is -1.77. The van der Waals surface area contributed by atoms with Crippen molar-refractivity contribution in [3.8, 4) is 6.07 Å². The predicted octanol–water partition coefficient (Wildman–Crippen LogP) is -0.421. The molecule has 0 aliphatic rings. The predicted molar refractivity (Wildman–Crippen MR) is 61.3 cm³/mol. The van der Waals surface area contributed by atoms with Crippen LogP contribution in [0.15, 0.2) is 6.33 Å². The van der Waals surface area contributed by atoms with Crippen molar-refractivity contribution in [3.05, 3.63) is 12.2 Å². The van der Waals surface area contributed by atoms with Gasteiger partial charge in [0.05, 0.1) is 6.07 Å². The molecule has 1 unspecified atom stereocenters. The lowest BCUT2D eigenvalue weighted by Crippen LogP contribution is -2.34. The van der Waals surface area contributed by atoms with Crippen molar-refractivity contribution in [2.75, 3.05) is 6.54 Å². The molecule has 0 aliphatic heterocycles. The van der Waals surface area contributed by atoms with E-state index >= 15 is 0 Å². The summed E-state index contributed by atoms with van der Waals surface area (Å²) in [5.74, 6) is 0.692. The Balaban J connectivity index is 2.52. The zero-order valence-electron chi connectivity index (χ0n) is 9.79. The maximum Gasteiger partial charge on any atom is 0.227 e. The first-order valence-corrected chi connectivity index (χ1v) is 6.77. The van der Waals surface area contributed by atoms with Crippen molar-refractivity contribution in [1.82, 2.24) is 19.5 Å². The van der Waals surface area contributed by atoms with Gasteiger partial charge in [-0.2, -0.15) is 5.26 Å². The van der Waals surface area contributed by atoms with E-state index in [4.69, 9.17) is 5.26 Å². The van der Waals surface area contributed by atoms with E-state index < -0.39 is 15.3 Å². The first kappa shape index (κ1) is 13.6. The number of aryl methyl sites for hydroxylation is 1. The number of hydrogen-bond donors (Lipinski definition) is 1. The van der Waals surface area contributed by atoms with Gasteiger partial charge >= 0.3 is 0 Å². The molecule has 1 atom stereocenters. The fourth-order valence-electron chi connectivity index (χ4n) is 1.32. The van der Waals surface area contributed by atoms with Crippen LogP contribution in [0.3, 0.4) is 0 Å². The lowest BCUT2D eigenvalue weighted by atomic mass is 10.4. The zero-order chi connectivity index (χ0) is 12.9. The van der Waals surface area contributed by atoms with Crippen LogP contribution in [-0.4, -0.2) is 35.0 Å². The standard InChI is InChI=1S/C9H15N5O2S/c1-3-8(6-10)17(15,16)12-5-4-9-13-11-7-14(9)2/h7-8,12H,3-5H2,1-2H3. The summed E-state index contributed by atoms with van der Waals surface area (Å²) in [6.45, 7) is 1.88. The van der Waals surface area contributed by atoms with Gasteiger partial charge in [-0.1, -0.05) is 6.92 Å². The highest BCUT2D eigenvalue weighted by Gasteiger charge is 2.22. The average Bonchev–Trinajstić information content (AvgIpc) is 2.65. The average molecular weight is 257 g/mol. The lowest BCUT2D eigenvalue weighted by Gasteiger charge is -2.09. The maximum absolute atomic E-state index is 11.6. The van der Waals surface area contributed by atoms with Crippen molar-refractivity contribution >= 4 is 10.0 Å². The van der Waals surface area contributed by atoms with E-state index in [0.717, 1.165) is 0 Å². The molecule has 1 N–H and O–H groups in total. The van der Waals surface area contributed by atoms with E-state index in [-0.39, 0.29) is 13.0 Å². The molecule has 8 heteroatoms. The molecule has 0 spiro atoms. The summed E-state index contributed by atoms with van der Waals surface area (Å²) < 4.78 is 27.4. The van der Waals surface area contributed by atoms with Gasteiger partial charge < -0.3 is 4.57 Å². The Morgan fingerprint density at radius 2 is 2.35 bits per heavy atom. The van der Waals surface area contributed by atoms with Gasteiger partial charge in [0.15, 0.2) is 5.25 Å². The Hall–Kier alpha value is -1.46. The van der Waals surface area contributed by atoms with E-state index in [1.54, 1.807) is 30.9 Å². The van der Waals surface area contributed by atoms with Gasteiger partial charge in [0.1, 0.15) is 12.2 Å². The molecule has 0 aliphatic carbocycles. The van der Waals surface area contributed by atoms with E-state index in [2.05, 4.69) is 14.9 Å². The van der Waals surface area contributed by atoms with Gasteiger partial charge in [-0.15, -0.1) is 10.2 Å². The van der Waals surface area contributed by atoms with Crippen molar-refractivity contribution in [1.29, 1.82) is 5.26 Å². The van der Waals surface area contributed by atoms with Crippen LogP contribution in [0.2, 0.25) is 0 Å². The van der Waals surface area contributed by atoms with Crippen LogP contribution in [0, 0.1) is 11.3 Å². The van der Waals surface area contributed by atoms with Gasteiger partial charge in [0, 0.05) is 20.0 Å². The third kappa shape index (κ3) is 3.51. The van der Waals surface area contributed by atoms with Crippen LogP contribution >= 0.6 is 0 Å². The fraction of sp³-hybridized carbons (Fsp3) is 0.667. The summed E-state index contributed by atoms with van der Waals surface area (Å²) in [5.41, 5.74) is 0. The van der Waals surface area contributed by atoms with Crippen molar-refractivity contribution in [2.45, 2.75) is 25.0 Å². The third-order valence-electron chi connectivity index (χ3n) is 2.35. The summed E-state index contributed by atoms with van der Waals surface area (Å²) in [5, 5.41) is 15.2. The highest BCUT2D eigenvalue weighted by molar-refractivity contribution is 7.90. The van der Waals surface area contributed by atoms with Gasteiger partial charge in [-0.05, 0) is 6.42 Å². The Bertz CT molecular complexity index is 502. The molecule has 17 heavy (non-hydrogen) atoms. The van der Waals surface area contributed by atoms with E-state index in [1.165, 1.54) is 0 Å². The van der Waals surface area contributed by atoms with Gasteiger partial charge in [-0.3, -0.25) is 0 Å². The summed E-state index contributed by atoms with van der Waals surface area (Å²) >= 11 is 0. The highest BCUT2D eigenvalue weighted by Crippen LogP contribution is 2.02. The molecule has 1 heterocycles. The summed E-state index contributed by atoms with van der Waals surface area (Å²) in [6, 6.07) is 1.76. The van der Waals surface area contributed by atoms with Crippen LogP contribution in [0.25, 0.3) is 0 Å². The minimum Gasteiger partial charge on any atom is -0.321 e. The highest BCUT2D eigenvalue weighted by atomic mass is 32.2. The number of nitrogens with one attached hydrogen (secondary N) is 1. The molecule has 1 aromatic rings. The van der Waals surface area contributed by atoms with Crippen LogP contribution < -0.4 is 4.72 Å². The Morgan fingerprint density at radius 3 is 2.82 bits per heavy atom. The number of nitrogens with zero attached hydrogens (tertiary/aromatic N) is 4. The van der Waals surface area contributed by atoms with Gasteiger partial charge in [0.25, 0.3) is 0 Å². The molecular formula is C9H15N5O2S. The molecule has 0 aromatic carbocycles. The first-order valence-electron chi connectivity index (χ1n) is 5.22. The number of rotatable bonds is 6. The Kier molecular flexibility index (Phi) is 4.60. The summed E-state index contributed by atoms with van der Waals surface area (Å²) in [6.07, 6.45) is 2.27. The molecule has 94 valence electrons. The number of sulfonamides is 1. The smallest absolute Gasteiger partial charge is 0.227 e. The summed E-state index contributed by atoms with van der Waals surface area (Å²) in [4.78, 5) is 0. The van der Waals surface area contributed by atoms with Crippen LogP contribution in [0.1, 0.15) is 19.2 Å². The van der Waals surface area contributed by atoms with Gasteiger partial charge in [0.2, 0.25) is 10.0 Å². The lowest BCUT2D eigenvalue weighted by molar-refractivity contribution is 0.571. The van der Waals surface area contributed by atoms with E-state index in [9.17, 15) is 8.42 Å². The van der Waals surface area contributed by atoms with Crippen LogP contribution in [0.4, 0.5) is 0 Å².